The van der Waals surface area contributed by atoms with E-state index < -0.39 is 27.7 Å². The predicted octanol–water partition coefficient (Wildman–Crippen LogP) is 4.60. The molecule has 7 nitrogen and oxygen atoms in total. The van der Waals surface area contributed by atoms with Crippen LogP contribution < -0.4 is 15.2 Å². The highest BCUT2D eigenvalue weighted by atomic mass is 35.5. The largest absolute Gasteiger partial charge is 0.495 e. The van der Waals surface area contributed by atoms with E-state index in [2.05, 4.69) is 4.72 Å². The first-order valence-corrected chi connectivity index (χ1v) is 11.0. The second-order valence-corrected chi connectivity index (χ2v) is 8.66. The number of hydrogen-bond acceptors (Lipinski definition) is 5. The van der Waals surface area contributed by atoms with Crippen molar-refractivity contribution in [2.24, 2.45) is 5.73 Å². The standard InChI is InChI=1S/C22H23FN2O5S.ClH/c1-4-16(22(24)26)14-6-10-21(29-3)19(11-14)25-31(27,28)15-7-8-17(18(23)12-15)20-9-5-13(2)30-20;/h5-12,16,25H,4H2,1-3H3,(H2,24,26);1H. The highest BCUT2D eigenvalue weighted by Gasteiger charge is 2.22. The topological polar surface area (TPSA) is 112 Å². The van der Waals surface area contributed by atoms with Gasteiger partial charge in [0.2, 0.25) is 5.91 Å². The summed E-state index contributed by atoms with van der Waals surface area (Å²) in [5, 5.41) is 0. The van der Waals surface area contributed by atoms with Gasteiger partial charge in [0.15, 0.2) is 0 Å². The van der Waals surface area contributed by atoms with Crippen LogP contribution in [0.1, 0.15) is 30.6 Å². The van der Waals surface area contributed by atoms with Gasteiger partial charge in [0.1, 0.15) is 23.1 Å². The molecule has 0 saturated carbocycles. The fourth-order valence-electron chi connectivity index (χ4n) is 3.27. The normalized spacial score (nSPS) is 12.0. The number of hydrogen-bond donors (Lipinski definition) is 2. The lowest BCUT2D eigenvalue weighted by atomic mass is 9.95. The average Bonchev–Trinajstić information content (AvgIpc) is 3.14. The molecule has 0 radical (unpaired) electrons. The van der Waals surface area contributed by atoms with Crippen LogP contribution in [0.3, 0.4) is 0 Å². The lowest BCUT2D eigenvalue weighted by molar-refractivity contribution is -0.119. The maximum Gasteiger partial charge on any atom is 0.262 e. The van der Waals surface area contributed by atoms with E-state index in [9.17, 15) is 17.6 Å². The molecule has 2 aromatic carbocycles. The zero-order valence-electron chi connectivity index (χ0n) is 17.7. The molecule has 0 aliphatic heterocycles. The van der Waals surface area contributed by atoms with Gasteiger partial charge in [-0.2, -0.15) is 0 Å². The lowest BCUT2D eigenvalue weighted by Crippen LogP contribution is -2.21. The molecule has 1 atom stereocenters. The zero-order chi connectivity index (χ0) is 22.8. The molecule has 0 aliphatic carbocycles. The number of primary amides is 1. The molecule has 0 saturated heterocycles. The molecule has 3 rings (SSSR count). The molecule has 0 aliphatic rings. The zero-order valence-corrected chi connectivity index (χ0v) is 19.3. The Morgan fingerprint density at radius 2 is 1.91 bits per heavy atom. The van der Waals surface area contributed by atoms with E-state index in [0.29, 0.717) is 23.5 Å². The molecule has 1 heterocycles. The number of sulfonamides is 1. The molecular weight excluding hydrogens is 459 g/mol. The second-order valence-electron chi connectivity index (χ2n) is 6.98. The van der Waals surface area contributed by atoms with Crippen LogP contribution in [-0.2, 0) is 14.8 Å². The van der Waals surface area contributed by atoms with Crippen molar-refractivity contribution in [2.75, 3.05) is 11.8 Å². The predicted molar refractivity (Wildman–Crippen MR) is 122 cm³/mol. The van der Waals surface area contributed by atoms with Crippen LogP contribution in [0.5, 0.6) is 5.75 Å². The Morgan fingerprint density at radius 3 is 2.44 bits per heavy atom. The number of rotatable bonds is 8. The van der Waals surface area contributed by atoms with E-state index in [-0.39, 0.29) is 34.3 Å². The number of aryl methyl sites for hydroxylation is 1. The van der Waals surface area contributed by atoms with E-state index in [1.807, 2.05) is 0 Å². The number of ether oxygens (including phenoxy) is 1. The van der Waals surface area contributed by atoms with E-state index >= 15 is 0 Å². The van der Waals surface area contributed by atoms with Crippen molar-refractivity contribution in [2.45, 2.75) is 31.1 Å². The number of carbonyl (C=O) groups is 1. The van der Waals surface area contributed by atoms with Gasteiger partial charge < -0.3 is 14.9 Å². The Labute approximate surface area is 192 Å². The fraction of sp³-hybridized carbons (Fsp3) is 0.227. The number of benzene rings is 2. The molecule has 0 bridgehead atoms. The summed E-state index contributed by atoms with van der Waals surface area (Å²) < 4.78 is 53.5. The van der Waals surface area contributed by atoms with Crippen LogP contribution in [0.15, 0.2) is 57.8 Å². The summed E-state index contributed by atoms with van der Waals surface area (Å²) in [6, 6.07) is 11.5. The van der Waals surface area contributed by atoms with Crippen molar-refractivity contribution in [3.8, 4) is 17.1 Å². The maximum atomic E-state index is 14.6. The highest BCUT2D eigenvalue weighted by molar-refractivity contribution is 7.92. The van der Waals surface area contributed by atoms with Gasteiger partial charge in [0.25, 0.3) is 10.0 Å². The number of carbonyl (C=O) groups excluding carboxylic acids is 1. The van der Waals surface area contributed by atoms with Gasteiger partial charge >= 0.3 is 0 Å². The Balaban J connectivity index is 0.00000363. The minimum Gasteiger partial charge on any atom is -0.495 e. The van der Waals surface area contributed by atoms with Crippen LogP contribution >= 0.6 is 12.4 Å². The smallest absolute Gasteiger partial charge is 0.262 e. The summed E-state index contributed by atoms with van der Waals surface area (Å²) in [5.74, 6) is -0.679. The first-order chi connectivity index (χ1) is 14.7. The fourth-order valence-corrected chi connectivity index (χ4v) is 4.34. The summed E-state index contributed by atoms with van der Waals surface area (Å²) in [7, 11) is -2.76. The number of furan rings is 1. The van der Waals surface area contributed by atoms with Crippen LogP contribution in [0.2, 0.25) is 0 Å². The number of anilines is 1. The maximum absolute atomic E-state index is 14.6. The Morgan fingerprint density at radius 1 is 1.19 bits per heavy atom. The number of nitrogens with two attached hydrogens (primary N) is 1. The summed E-state index contributed by atoms with van der Waals surface area (Å²) in [6.07, 6.45) is 0.451. The minimum atomic E-state index is -4.15. The van der Waals surface area contributed by atoms with E-state index in [1.165, 1.54) is 25.3 Å². The molecule has 3 aromatic rings. The van der Waals surface area contributed by atoms with Crippen molar-refractivity contribution in [1.29, 1.82) is 0 Å². The molecule has 1 unspecified atom stereocenters. The number of nitrogens with one attached hydrogen (secondary N) is 1. The Hall–Kier alpha value is -3.04. The van der Waals surface area contributed by atoms with Crippen molar-refractivity contribution in [3.63, 3.8) is 0 Å². The molecule has 172 valence electrons. The van der Waals surface area contributed by atoms with E-state index in [1.54, 1.807) is 38.1 Å². The van der Waals surface area contributed by atoms with Crippen molar-refractivity contribution < 1.29 is 26.8 Å². The SMILES string of the molecule is CCC(C(N)=O)c1ccc(OC)c(NS(=O)(=O)c2ccc(-c3ccc(C)o3)c(F)c2)c1.Cl. The van der Waals surface area contributed by atoms with Crippen LogP contribution in [0.25, 0.3) is 11.3 Å². The monoisotopic (exact) mass is 482 g/mol. The van der Waals surface area contributed by atoms with Gasteiger partial charge in [0.05, 0.1) is 29.2 Å². The minimum absolute atomic E-state index is 0. The summed E-state index contributed by atoms with van der Waals surface area (Å²) in [6.45, 7) is 3.53. The Bertz CT molecular complexity index is 1230. The molecule has 0 spiro atoms. The molecule has 1 amide bonds. The molecule has 3 N–H and O–H groups in total. The Kier molecular flexibility index (Phi) is 7.92. The quantitative estimate of drug-likeness (QED) is 0.487. The van der Waals surface area contributed by atoms with E-state index in [4.69, 9.17) is 14.9 Å². The summed E-state index contributed by atoms with van der Waals surface area (Å²) >= 11 is 0. The van der Waals surface area contributed by atoms with Crippen LogP contribution in [0, 0.1) is 12.7 Å². The van der Waals surface area contributed by atoms with Gasteiger partial charge in [-0.1, -0.05) is 13.0 Å². The molecule has 32 heavy (non-hydrogen) atoms. The number of halogens is 2. The van der Waals surface area contributed by atoms with Gasteiger partial charge in [-0.25, -0.2) is 12.8 Å². The highest BCUT2D eigenvalue weighted by Crippen LogP contribution is 2.33. The number of methoxy groups -OCH3 is 1. The van der Waals surface area contributed by atoms with Gasteiger partial charge in [-0.3, -0.25) is 9.52 Å². The molecule has 0 fully saturated rings. The van der Waals surface area contributed by atoms with Gasteiger partial charge in [-0.05, 0) is 61.4 Å². The summed E-state index contributed by atoms with van der Waals surface area (Å²) in [4.78, 5) is 11.4. The third-order valence-electron chi connectivity index (χ3n) is 4.88. The number of amides is 1. The lowest BCUT2D eigenvalue weighted by Gasteiger charge is -2.17. The van der Waals surface area contributed by atoms with Gasteiger partial charge in [0, 0.05) is 0 Å². The van der Waals surface area contributed by atoms with Crippen molar-refractivity contribution in [1.82, 2.24) is 0 Å². The van der Waals surface area contributed by atoms with Crippen molar-refractivity contribution in [3.05, 3.63) is 65.7 Å². The van der Waals surface area contributed by atoms with E-state index in [0.717, 1.165) is 6.07 Å². The molecule has 1 aromatic heterocycles. The van der Waals surface area contributed by atoms with Gasteiger partial charge in [-0.15, -0.1) is 12.4 Å². The van der Waals surface area contributed by atoms with Crippen LogP contribution in [0.4, 0.5) is 10.1 Å². The first-order valence-electron chi connectivity index (χ1n) is 9.52. The van der Waals surface area contributed by atoms with Crippen LogP contribution in [-0.4, -0.2) is 21.4 Å². The second kappa shape index (κ2) is 10.1. The molecule has 10 heteroatoms. The average molecular weight is 483 g/mol. The third-order valence-corrected chi connectivity index (χ3v) is 6.24. The first kappa shape index (κ1) is 25.2. The summed E-state index contributed by atoms with van der Waals surface area (Å²) in [5.41, 5.74) is 6.25. The molecular formula is C22H24ClFN2O5S. The third kappa shape index (κ3) is 5.23. The van der Waals surface area contributed by atoms with Crippen molar-refractivity contribution >= 4 is 34.0 Å².